The van der Waals surface area contributed by atoms with Gasteiger partial charge in [-0.2, -0.15) is 4.73 Å². The SMILES string of the molecule is COc1ccc(S(=O)(=S)c2cccc[n+]2[O-])cc1. The standard InChI is InChI=1S/C12H11NO3S2/c1-16-10-5-7-11(8-6-10)18(15,17)12-4-2-3-9-13(12)14/h2-9H,1H3. The molecule has 0 saturated heterocycles. The molecule has 1 heterocycles. The van der Waals surface area contributed by atoms with Crippen molar-refractivity contribution in [2.45, 2.75) is 9.92 Å². The number of benzene rings is 1. The normalized spacial score (nSPS) is 13.8. The largest absolute Gasteiger partial charge is 0.618 e. The number of rotatable bonds is 3. The number of ether oxygens (including phenoxy) is 1. The second-order valence-corrected chi connectivity index (χ2v) is 6.85. The lowest BCUT2D eigenvalue weighted by molar-refractivity contribution is -0.646. The van der Waals surface area contributed by atoms with Crippen molar-refractivity contribution in [1.29, 1.82) is 0 Å². The topological polar surface area (TPSA) is 53.2 Å². The van der Waals surface area contributed by atoms with Gasteiger partial charge in [-0.15, -0.1) is 0 Å². The Hall–Kier alpha value is -1.66. The Balaban J connectivity index is 2.51. The van der Waals surface area contributed by atoms with Crippen molar-refractivity contribution in [3.63, 3.8) is 0 Å². The summed E-state index contributed by atoms with van der Waals surface area (Å²) < 4.78 is 18.1. The number of aromatic nitrogens is 1. The number of methoxy groups -OCH3 is 1. The van der Waals surface area contributed by atoms with E-state index < -0.39 is 8.49 Å². The Morgan fingerprint density at radius 2 is 1.89 bits per heavy atom. The van der Waals surface area contributed by atoms with Crippen LogP contribution in [0.2, 0.25) is 0 Å². The van der Waals surface area contributed by atoms with Gasteiger partial charge in [-0.1, -0.05) is 0 Å². The molecule has 0 saturated carbocycles. The Morgan fingerprint density at radius 3 is 2.44 bits per heavy atom. The molecule has 94 valence electrons. The number of nitrogens with zero attached hydrogens (tertiary/aromatic N) is 1. The van der Waals surface area contributed by atoms with Crippen LogP contribution in [0.3, 0.4) is 0 Å². The molecule has 0 fully saturated rings. The lowest BCUT2D eigenvalue weighted by atomic mass is 10.3. The van der Waals surface area contributed by atoms with Gasteiger partial charge in [0.1, 0.15) is 14.2 Å². The summed E-state index contributed by atoms with van der Waals surface area (Å²) in [6.07, 6.45) is 1.28. The van der Waals surface area contributed by atoms with Crippen LogP contribution < -0.4 is 9.47 Å². The molecular weight excluding hydrogens is 270 g/mol. The third kappa shape index (κ3) is 2.30. The van der Waals surface area contributed by atoms with Crippen LogP contribution in [0.15, 0.2) is 58.6 Å². The first-order valence-corrected chi connectivity index (χ1v) is 7.61. The van der Waals surface area contributed by atoms with Gasteiger partial charge in [-0.3, -0.25) is 0 Å². The maximum Gasteiger partial charge on any atom is 0.287 e. The van der Waals surface area contributed by atoms with Gasteiger partial charge < -0.3 is 9.94 Å². The van der Waals surface area contributed by atoms with E-state index in [9.17, 15) is 9.42 Å². The molecule has 2 aromatic rings. The molecule has 1 aromatic heterocycles. The number of pyridine rings is 1. The minimum absolute atomic E-state index is 0.0742. The van der Waals surface area contributed by atoms with Crippen LogP contribution in [0.5, 0.6) is 5.75 Å². The zero-order valence-electron chi connectivity index (χ0n) is 9.61. The molecule has 4 nitrogen and oxygen atoms in total. The van der Waals surface area contributed by atoms with Gasteiger partial charge in [0.05, 0.1) is 12.0 Å². The van der Waals surface area contributed by atoms with Gasteiger partial charge in [0.25, 0.3) is 5.03 Å². The van der Waals surface area contributed by atoms with E-state index in [1.807, 2.05) is 0 Å². The average Bonchev–Trinajstić information content (AvgIpc) is 2.39. The predicted molar refractivity (Wildman–Crippen MR) is 70.4 cm³/mol. The van der Waals surface area contributed by atoms with Crippen molar-refractivity contribution in [2.75, 3.05) is 7.11 Å². The summed E-state index contributed by atoms with van der Waals surface area (Å²) in [5, 5.41) is 11.7. The number of hydrogen-bond donors (Lipinski definition) is 0. The van der Waals surface area contributed by atoms with Crippen molar-refractivity contribution in [2.24, 2.45) is 0 Å². The monoisotopic (exact) mass is 281 g/mol. The summed E-state index contributed by atoms with van der Waals surface area (Å²) in [4.78, 5) is 0.425. The molecule has 18 heavy (non-hydrogen) atoms. The Bertz CT molecular complexity index is 651. The maximum atomic E-state index is 12.6. The summed E-state index contributed by atoms with van der Waals surface area (Å²) in [5.41, 5.74) is 0. The lowest BCUT2D eigenvalue weighted by Gasteiger charge is -2.08. The Morgan fingerprint density at radius 1 is 1.22 bits per heavy atom. The van der Waals surface area contributed by atoms with Crippen LogP contribution in [0, 0.1) is 5.21 Å². The highest BCUT2D eigenvalue weighted by molar-refractivity contribution is 8.32. The third-order valence-electron chi connectivity index (χ3n) is 2.43. The van der Waals surface area contributed by atoms with E-state index in [1.165, 1.54) is 12.3 Å². The summed E-state index contributed by atoms with van der Waals surface area (Å²) in [6, 6.07) is 11.2. The van der Waals surface area contributed by atoms with Crippen LogP contribution in [0.25, 0.3) is 0 Å². The first kappa shape index (κ1) is 12.8. The smallest absolute Gasteiger partial charge is 0.287 e. The van der Waals surface area contributed by atoms with Gasteiger partial charge >= 0.3 is 0 Å². The van der Waals surface area contributed by atoms with Gasteiger partial charge in [0, 0.05) is 12.1 Å². The van der Waals surface area contributed by atoms with Crippen molar-refractivity contribution >= 4 is 19.7 Å². The molecular formula is C12H11NO3S2. The minimum atomic E-state index is -2.97. The summed E-state index contributed by atoms with van der Waals surface area (Å²) in [5.74, 6) is 0.645. The molecule has 0 N–H and O–H groups in total. The molecule has 1 unspecified atom stereocenters. The van der Waals surface area contributed by atoms with E-state index >= 15 is 0 Å². The highest BCUT2D eigenvalue weighted by atomic mass is 32.8. The molecule has 0 aliphatic carbocycles. The van der Waals surface area contributed by atoms with Gasteiger partial charge in [0.15, 0.2) is 6.20 Å². The van der Waals surface area contributed by atoms with Gasteiger partial charge in [0.2, 0.25) is 0 Å². The molecule has 1 aromatic carbocycles. The van der Waals surface area contributed by atoms with Crippen molar-refractivity contribution in [3.05, 3.63) is 53.9 Å². The van der Waals surface area contributed by atoms with Crippen LogP contribution in [-0.2, 0) is 19.7 Å². The second kappa shape index (κ2) is 4.91. The molecule has 0 spiro atoms. The van der Waals surface area contributed by atoms with E-state index in [0.717, 1.165) is 0 Å². The summed E-state index contributed by atoms with van der Waals surface area (Å²) in [6.45, 7) is 0. The van der Waals surface area contributed by atoms with Crippen LogP contribution in [0.1, 0.15) is 0 Å². The molecule has 6 heteroatoms. The molecule has 0 aliphatic rings. The van der Waals surface area contributed by atoms with Crippen LogP contribution in [-0.4, -0.2) is 11.3 Å². The van der Waals surface area contributed by atoms with E-state index in [-0.39, 0.29) is 5.03 Å². The zero-order chi connectivity index (χ0) is 13.2. The quantitative estimate of drug-likeness (QED) is 0.632. The second-order valence-electron chi connectivity index (χ2n) is 3.54. The molecule has 0 amide bonds. The molecule has 2 rings (SSSR count). The zero-order valence-corrected chi connectivity index (χ0v) is 11.2. The summed E-state index contributed by atoms with van der Waals surface area (Å²) >= 11 is 5.11. The van der Waals surface area contributed by atoms with E-state index in [4.69, 9.17) is 15.9 Å². The third-order valence-corrected chi connectivity index (χ3v) is 5.28. The highest BCUT2D eigenvalue weighted by Gasteiger charge is 2.21. The summed E-state index contributed by atoms with van der Waals surface area (Å²) in [7, 11) is -1.42. The first-order chi connectivity index (χ1) is 8.55. The highest BCUT2D eigenvalue weighted by Crippen LogP contribution is 2.21. The first-order valence-electron chi connectivity index (χ1n) is 5.13. The van der Waals surface area contributed by atoms with Crippen molar-refractivity contribution < 1.29 is 13.7 Å². The number of hydrogen-bond acceptors (Lipinski definition) is 4. The van der Waals surface area contributed by atoms with Crippen LogP contribution >= 0.6 is 0 Å². The fourth-order valence-electron chi connectivity index (χ4n) is 1.50. The molecule has 1 atom stereocenters. The van der Waals surface area contributed by atoms with E-state index in [1.54, 1.807) is 43.5 Å². The van der Waals surface area contributed by atoms with E-state index in [2.05, 4.69) is 0 Å². The molecule has 0 radical (unpaired) electrons. The van der Waals surface area contributed by atoms with Crippen molar-refractivity contribution in [1.82, 2.24) is 0 Å². The predicted octanol–water partition coefficient (Wildman–Crippen LogP) is 1.49. The fraction of sp³-hybridized carbons (Fsp3) is 0.0833. The van der Waals surface area contributed by atoms with Gasteiger partial charge in [-0.05, 0) is 41.5 Å². The Kier molecular flexibility index (Phi) is 3.49. The van der Waals surface area contributed by atoms with Gasteiger partial charge in [-0.25, -0.2) is 4.21 Å². The molecule has 0 aliphatic heterocycles. The Labute approximate surface area is 110 Å². The van der Waals surface area contributed by atoms with Crippen molar-refractivity contribution in [3.8, 4) is 5.75 Å². The maximum absolute atomic E-state index is 12.6. The fourth-order valence-corrected chi connectivity index (χ4v) is 3.51. The van der Waals surface area contributed by atoms with E-state index in [0.29, 0.717) is 15.4 Å². The lowest BCUT2D eigenvalue weighted by Crippen LogP contribution is -2.32. The van der Waals surface area contributed by atoms with Crippen LogP contribution in [0.4, 0.5) is 0 Å². The average molecular weight is 281 g/mol. The minimum Gasteiger partial charge on any atom is -0.618 e. The molecule has 0 bridgehead atoms.